The predicted molar refractivity (Wildman–Crippen MR) is 136 cm³/mol. The Hall–Kier alpha value is -4.97. The van der Waals surface area contributed by atoms with Gasteiger partial charge in [0.25, 0.3) is 12.9 Å². The van der Waals surface area contributed by atoms with Crippen LogP contribution in [-0.2, 0) is 9.59 Å². The summed E-state index contributed by atoms with van der Waals surface area (Å²) in [5.74, 6) is -0.185. The largest absolute Gasteiger partial charge is 0.478 e. The number of hydrogen-bond donors (Lipinski definition) is 1. The zero-order valence-corrected chi connectivity index (χ0v) is 19.4. The molecule has 0 spiro atoms. The molecule has 0 heterocycles. The van der Waals surface area contributed by atoms with Crippen molar-refractivity contribution in [2.45, 2.75) is 6.92 Å². The van der Waals surface area contributed by atoms with E-state index < -0.39 is 5.97 Å². The van der Waals surface area contributed by atoms with Gasteiger partial charge in [-0.1, -0.05) is 66.2 Å². The average Bonchev–Trinajstić information content (AvgIpc) is 2.90. The molecule has 4 aromatic rings. The van der Waals surface area contributed by atoms with E-state index in [-0.39, 0.29) is 5.56 Å². The van der Waals surface area contributed by atoms with Gasteiger partial charge in [-0.15, -0.1) is 0 Å². The summed E-state index contributed by atoms with van der Waals surface area (Å²) in [4.78, 5) is 33.0. The Morgan fingerprint density at radius 3 is 1.19 bits per heavy atom. The van der Waals surface area contributed by atoms with Crippen molar-refractivity contribution in [3.8, 4) is 11.5 Å². The molecule has 6 nitrogen and oxygen atoms in total. The number of ether oxygens (including phenoxy) is 2. The average molecular weight is 479 g/mol. The normalized spacial score (nSPS) is 10.2. The monoisotopic (exact) mass is 478 g/mol. The molecular formula is C30H22O6. The third-order valence-electron chi connectivity index (χ3n) is 5.67. The van der Waals surface area contributed by atoms with Gasteiger partial charge in [-0.05, 0) is 76.7 Å². The standard InChI is InChI=1S/C30H22O6/c1-20-2-4-21(5-3-20)28(22-6-8-25(9-7-22)30(33)34)29(23-10-14-26(15-11-23)35-18-31)24-12-16-27(17-13-24)36-19-32/h2-19H,1H3,(H,33,34). The Labute approximate surface area is 208 Å². The summed E-state index contributed by atoms with van der Waals surface area (Å²) < 4.78 is 9.93. The lowest BCUT2D eigenvalue weighted by Gasteiger charge is -2.19. The number of aryl methyl sites for hydroxylation is 1. The Balaban J connectivity index is 2.01. The zero-order valence-electron chi connectivity index (χ0n) is 19.4. The van der Waals surface area contributed by atoms with Crippen molar-refractivity contribution < 1.29 is 29.0 Å². The lowest BCUT2D eigenvalue weighted by molar-refractivity contribution is -0.121. The summed E-state index contributed by atoms with van der Waals surface area (Å²) in [5, 5.41) is 9.38. The van der Waals surface area contributed by atoms with E-state index in [9.17, 15) is 19.5 Å². The second-order valence-corrected chi connectivity index (χ2v) is 7.98. The molecule has 0 bridgehead atoms. The molecule has 0 aliphatic heterocycles. The topological polar surface area (TPSA) is 89.9 Å². The fraction of sp³-hybridized carbons (Fsp3) is 0.0333. The van der Waals surface area contributed by atoms with Crippen molar-refractivity contribution in [2.24, 2.45) is 0 Å². The smallest absolute Gasteiger partial charge is 0.335 e. The van der Waals surface area contributed by atoms with E-state index in [4.69, 9.17) is 9.47 Å². The molecule has 0 saturated carbocycles. The number of carbonyl (C=O) groups is 3. The molecule has 36 heavy (non-hydrogen) atoms. The minimum absolute atomic E-state index is 0.189. The van der Waals surface area contributed by atoms with Gasteiger partial charge in [-0.25, -0.2) is 4.79 Å². The van der Waals surface area contributed by atoms with E-state index in [2.05, 4.69) is 0 Å². The van der Waals surface area contributed by atoms with Crippen molar-refractivity contribution in [2.75, 3.05) is 0 Å². The van der Waals surface area contributed by atoms with Gasteiger partial charge in [0.1, 0.15) is 11.5 Å². The summed E-state index contributed by atoms with van der Waals surface area (Å²) in [7, 11) is 0. The van der Waals surface area contributed by atoms with Crippen molar-refractivity contribution in [3.63, 3.8) is 0 Å². The van der Waals surface area contributed by atoms with Crippen LogP contribution in [0.5, 0.6) is 11.5 Å². The van der Waals surface area contributed by atoms with Gasteiger partial charge in [0.05, 0.1) is 5.56 Å². The molecule has 1 N–H and O–H groups in total. The number of carboxylic acid groups (broad SMARTS) is 1. The quantitative estimate of drug-likeness (QED) is 0.243. The van der Waals surface area contributed by atoms with Gasteiger partial charge in [-0.2, -0.15) is 0 Å². The van der Waals surface area contributed by atoms with E-state index >= 15 is 0 Å². The summed E-state index contributed by atoms with van der Waals surface area (Å²) in [6, 6.07) is 29.0. The molecule has 4 aromatic carbocycles. The van der Waals surface area contributed by atoms with Crippen molar-refractivity contribution in [1.82, 2.24) is 0 Å². The molecule has 0 atom stereocenters. The highest BCUT2D eigenvalue weighted by Crippen LogP contribution is 2.38. The second-order valence-electron chi connectivity index (χ2n) is 7.98. The van der Waals surface area contributed by atoms with Crippen LogP contribution in [0, 0.1) is 6.92 Å². The number of carboxylic acids is 1. The first-order valence-corrected chi connectivity index (χ1v) is 11.1. The Morgan fingerprint density at radius 1 is 0.556 bits per heavy atom. The van der Waals surface area contributed by atoms with Crippen molar-refractivity contribution in [3.05, 3.63) is 130 Å². The molecular weight excluding hydrogens is 456 g/mol. The molecule has 4 rings (SSSR count). The highest BCUT2D eigenvalue weighted by atomic mass is 16.5. The van der Waals surface area contributed by atoms with Crippen LogP contribution in [0.15, 0.2) is 97.1 Å². The maximum absolute atomic E-state index is 11.5. The number of aromatic carboxylic acids is 1. The van der Waals surface area contributed by atoms with Crippen LogP contribution in [-0.4, -0.2) is 24.0 Å². The highest BCUT2D eigenvalue weighted by molar-refractivity contribution is 6.05. The summed E-state index contributed by atoms with van der Waals surface area (Å²) in [6.45, 7) is 2.76. The van der Waals surface area contributed by atoms with Crippen LogP contribution in [0.1, 0.15) is 38.2 Å². The molecule has 0 unspecified atom stereocenters. The lowest BCUT2D eigenvalue weighted by atomic mass is 9.85. The van der Waals surface area contributed by atoms with E-state index in [1.807, 2.05) is 55.5 Å². The molecule has 0 radical (unpaired) electrons. The van der Waals surface area contributed by atoms with E-state index in [0.717, 1.165) is 39.0 Å². The third-order valence-corrected chi connectivity index (χ3v) is 5.67. The number of rotatable bonds is 9. The Kier molecular flexibility index (Phi) is 7.36. The Bertz CT molecular complexity index is 1340. The number of carbonyl (C=O) groups excluding carboxylic acids is 2. The number of benzene rings is 4. The van der Waals surface area contributed by atoms with Gasteiger partial charge in [0.2, 0.25) is 0 Å². The van der Waals surface area contributed by atoms with E-state index in [1.165, 1.54) is 0 Å². The summed E-state index contributed by atoms with van der Waals surface area (Å²) in [6.07, 6.45) is 0. The van der Waals surface area contributed by atoms with Crippen LogP contribution in [0.2, 0.25) is 0 Å². The Morgan fingerprint density at radius 2 is 0.861 bits per heavy atom. The fourth-order valence-corrected chi connectivity index (χ4v) is 3.92. The fourth-order valence-electron chi connectivity index (χ4n) is 3.92. The molecule has 0 aliphatic rings. The minimum atomic E-state index is -1.00. The predicted octanol–water partition coefficient (Wildman–Crippen LogP) is 5.77. The van der Waals surface area contributed by atoms with Crippen LogP contribution in [0.3, 0.4) is 0 Å². The first kappa shape index (κ1) is 24.2. The summed E-state index contributed by atoms with van der Waals surface area (Å²) >= 11 is 0. The van der Waals surface area contributed by atoms with Crippen molar-refractivity contribution in [1.29, 1.82) is 0 Å². The molecule has 0 saturated heterocycles. The molecule has 178 valence electrons. The summed E-state index contributed by atoms with van der Waals surface area (Å²) in [5.41, 5.74) is 6.46. The van der Waals surface area contributed by atoms with E-state index in [1.54, 1.807) is 48.5 Å². The minimum Gasteiger partial charge on any atom is -0.478 e. The van der Waals surface area contributed by atoms with Gasteiger partial charge < -0.3 is 14.6 Å². The van der Waals surface area contributed by atoms with E-state index in [0.29, 0.717) is 24.4 Å². The molecule has 0 aromatic heterocycles. The van der Waals surface area contributed by atoms with Gasteiger partial charge >= 0.3 is 5.97 Å². The highest BCUT2D eigenvalue weighted by Gasteiger charge is 2.17. The SMILES string of the molecule is Cc1ccc(C(=C(c2ccc(OC=O)cc2)c2ccc(OC=O)cc2)c2ccc(C(=O)O)cc2)cc1. The van der Waals surface area contributed by atoms with Gasteiger partial charge in [0, 0.05) is 0 Å². The molecule has 0 aliphatic carbocycles. The van der Waals surface area contributed by atoms with Crippen LogP contribution in [0.25, 0.3) is 11.1 Å². The molecule has 0 amide bonds. The molecule has 0 fully saturated rings. The van der Waals surface area contributed by atoms with Crippen LogP contribution >= 0.6 is 0 Å². The van der Waals surface area contributed by atoms with Crippen LogP contribution in [0.4, 0.5) is 0 Å². The first-order chi connectivity index (χ1) is 17.5. The van der Waals surface area contributed by atoms with Crippen molar-refractivity contribution >= 4 is 30.1 Å². The second kappa shape index (κ2) is 11.0. The van der Waals surface area contributed by atoms with Crippen LogP contribution < -0.4 is 9.47 Å². The maximum atomic E-state index is 11.5. The maximum Gasteiger partial charge on any atom is 0.335 e. The third kappa shape index (κ3) is 5.39. The molecule has 6 heteroatoms. The van der Waals surface area contributed by atoms with Gasteiger partial charge in [0.15, 0.2) is 0 Å². The zero-order chi connectivity index (χ0) is 25.5. The van der Waals surface area contributed by atoms with Gasteiger partial charge in [-0.3, -0.25) is 9.59 Å². The lowest BCUT2D eigenvalue weighted by Crippen LogP contribution is -2.00. The first-order valence-electron chi connectivity index (χ1n) is 11.1. The number of hydrogen-bond acceptors (Lipinski definition) is 5.